The van der Waals surface area contributed by atoms with Crippen molar-refractivity contribution in [3.8, 4) is 0 Å². The molecular weight excluding hydrogens is 192 g/mol. The van der Waals surface area contributed by atoms with Gasteiger partial charge in [0.1, 0.15) is 0 Å². The van der Waals surface area contributed by atoms with Crippen LogP contribution in [0.5, 0.6) is 0 Å². The van der Waals surface area contributed by atoms with Crippen molar-refractivity contribution in [3.63, 3.8) is 0 Å². The summed E-state index contributed by atoms with van der Waals surface area (Å²) in [5.41, 5.74) is 5.79. The van der Waals surface area contributed by atoms with E-state index in [9.17, 15) is 0 Å². The molecular formula is C16H20. The van der Waals surface area contributed by atoms with Crippen LogP contribution in [-0.4, -0.2) is 0 Å². The Morgan fingerprint density at radius 1 is 1.06 bits per heavy atom. The number of benzene rings is 1. The van der Waals surface area contributed by atoms with Crippen LogP contribution in [-0.2, 0) is 0 Å². The molecule has 1 aromatic carbocycles. The lowest BCUT2D eigenvalue weighted by atomic mass is 10.00. The maximum Gasteiger partial charge on any atom is -0.00580 e. The van der Waals surface area contributed by atoms with Crippen molar-refractivity contribution in [1.29, 1.82) is 0 Å². The molecule has 0 aromatic heterocycles. The molecule has 0 amide bonds. The fourth-order valence-electron chi connectivity index (χ4n) is 2.12. The Labute approximate surface area is 98.7 Å². The molecule has 0 saturated carbocycles. The number of unbranched alkanes of at least 4 members (excludes halogenated alkanes) is 1. The van der Waals surface area contributed by atoms with E-state index in [0.29, 0.717) is 0 Å². The third-order valence-corrected chi connectivity index (χ3v) is 3.21. The largest absolute Gasteiger partial charge is 0.0658 e. The van der Waals surface area contributed by atoms with Gasteiger partial charge in [-0.3, -0.25) is 0 Å². The molecule has 1 aliphatic rings. The molecule has 0 heteroatoms. The second-order valence-electron chi connectivity index (χ2n) is 4.66. The van der Waals surface area contributed by atoms with Gasteiger partial charge in [-0.15, -0.1) is 0 Å². The van der Waals surface area contributed by atoms with E-state index in [4.69, 9.17) is 0 Å². The number of hydrogen-bond donors (Lipinski definition) is 0. The topological polar surface area (TPSA) is 0 Å². The fourth-order valence-corrected chi connectivity index (χ4v) is 2.12. The predicted octanol–water partition coefficient (Wildman–Crippen LogP) is 4.90. The Kier molecular flexibility index (Phi) is 3.61. The number of allylic oxidation sites excluding steroid dienone is 4. The summed E-state index contributed by atoms with van der Waals surface area (Å²) in [7, 11) is 0. The van der Waals surface area contributed by atoms with Crippen LogP contribution in [0.2, 0.25) is 0 Å². The first-order valence-corrected chi connectivity index (χ1v) is 6.25. The molecule has 0 nitrogen and oxygen atoms in total. The summed E-state index contributed by atoms with van der Waals surface area (Å²) in [5, 5.41) is 0. The molecule has 2 rings (SSSR count). The van der Waals surface area contributed by atoms with Crippen LogP contribution in [0, 0.1) is 6.92 Å². The summed E-state index contributed by atoms with van der Waals surface area (Å²) in [6, 6.07) is 8.86. The van der Waals surface area contributed by atoms with E-state index < -0.39 is 0 Å². The van der Waals surface area contributed by atoms with E-state index in [1.54, 1.807) is 5.57 Å². The maximum absolute atomic E-state index is 2.31. The minimum Gasteiger partial charge on any atom is -0.0658 e. The first kappa shape index (κ1) is 11.2. The van der Waals surface area contributed by atoms with E-state index in [1.807, 2.05) is 0 Å². The molecule has 0 atom stereocenters. The molecule has 0 bridgehead atoms. The van der Waals surface area contributed by atoms with E-state index in [-0.39, 0.29) is 0 Å². The zero-order chi connectivity index (χ0) is 11.4. The average Bonchev–Trinajstić information content (AvgIpc) is 2.76. The molecule has 1 aliphatic carbocycles. The van der Waals surface area contributed by atoms with Gasteiger partial charge in [-0.2, -0.15) is 0 Å². The van der Waals surface area contributed by atoms with Gasteiger partial charge in [0, 0.05) is 0 Å². The first-order chi connectivity index (χ1) is 7.79. The van der Waals surface area contributed by atoms with Gasteiger partial charge in [0.05, 0.1) is 0 Å². The zero-order valence-electron chi connectivity index (χ0n) is 10.3. The van der Waals surface area contributed by atoms with Crippen molar-refractivity contribution in [2.24, 2.45) is 0 Å². The minimum atomic E-state index is 1.16. The molecule has 0 spiro atoms. The van der Waals surface area contributed by atoms with Gasteiger partial charge in [0.2, 0.25) is 0 Å². The van der Waals surface area contributed by atoms with Crippen LogP contribution in [0.15, 0.2) is 42.0 Å². The van der Waals surface area contributed by atoms with Crippen LogP contribution >= 0.6 is 0 Å². The highest BCUT2D eigenvalue weighted by Gasteiger charge is 2.09. The molecule has 0 N–H and O–H groups in total. The Bertz CT molecular complexity index is 404. The lowest BCUT2D eigenvalue weighted by molar-refractivity contribution is 0.780. The van der Waals surface area contributed by atoms with Gasteiger partial charge < -0.3 is 0 Å². The molecule has 16 heavy (non-hydrogen) atoms. The van der Waals surface area contributed by atoms with Gasteiger partial charge in [0.15, 0.2) is 0 Å². The lowest BCUT2D eigenvalue weighted by Crippen LogP contribution is -1.85. The predicted molar refractivity (Wildman–Crippen MR) is 71.4 cm³/mol. The molecule has 84 valence electrons. The Morgan fingerprint density at radius 3 is 2.50 bits per heavy atom. The van der Waals surface area contributed by atoms with Gasteiger partial charge in [-0.1, -0.05) is 60.9 Å². The second-order valence-corrected chi connectivity index (χ2v) is 4.66. The normalized spacial score (nSPS) is 14.9. The van der Waals surface area contributed by atoms with Gasteiger partial charge in [0.25, 0.3) is 0 Å². The summed E-state index contributed by atoms with van der Waals surface area (Å²) in [6.07, 6.45) is 9.63. The fraction of sp³-hybridized carbons (Fsp3) is 0.375. The monoisotopic (exact) mass is 212 g/mol. The SMILES string of the molecule is CCCCC1=CC=C(c2ccc(C)cc2)C1. The standard InChI is InChI=1S/C16H20/c1-3-4-5-14-8-11-16(12-14)15-9-6-13(2)7-10-15/h6-11H,3-5,12H2,1-2H3. The number of rotatable bonds is 4. The van der Waals surface area contributed by atoms with E-state index in [2.05, 4.69) is 50.3 Å². The van der Waals surface area contributed by atoms with Crippen molar-refractivity contribution >= 4 is 5.57 Å². The van der Waals surface area contributed by atoms with Gasteiger partial charge >= 0.3 is 0 Å². The van der Waals surface area contributed by atoms with E-state index >= 15 is 0 Å². The number of hydrogen-bond acceptors (Lipinski definition) is 0. The Morgan fingerprint density at radius 2 is 1.81 bits per heavy atom. The van der Waals surface area contributed by atoms with Crippen molar-refractivity contribution in [2.45, 2.75) is 39.5 Å². The highest BCUT2D eigenvalue weighted by Crippen LogP contribution is 2.30. The minimum absolute atomic E-state index is 1.16. The number of aryl methyl sites for hydroxylation is 1. The zero-order valence-corrected chi connectivity index (χ0v) is 10.3. The quantitative estimate of drug-likeness (QED) is 0.666. The third kappa shape index (κ3) is 2.63. The molecule has 0 aliphatic heterocycles. The molecule has 0 heterocycles. The summed E-state index contributed by atoms with van der Waals surface area (Å²) < 4.78 is 0. The smallest absolute Gasteiger partial charge is 0.00580 e. The summed E-state index contributed by atoms with van der Waals surface area (Å²) in [5.74, 6) is 0. The van der Waals surface area contributed by atoms with Gasteiger partial charge in [-0.25, -0.2) is 0 Å². The maximum atomic E-state index is 2.31. The van der Waals surface area contributed by atoms with Crippen molar-refractivity contribution in [3.05, 3.63) is 53.1 Å². The third-order valence-electron chi connectivity index (χ3n) is 3.21. The molecule has 1 aromatic rings. The van der Waals surface area contributed by atoms with Crippen molar-refractivity contribution in [2.75, 3.05) is 0 Å². The van der Waals surface area contributed by atoms with Crippen LogP contribution in [0.4, 0.5) is 0 Å². The van der Waals surface area contributed by atoms with Crippen LogP contribution in [0.1, 0.15) is 43.7 Å². The molecule has 0 radical (unpaired) electrons. The van der Waals surface area contributed by atoms with Crippen molar-refractivity contribution in [1.82, 2.24) is 0 Å². The Balaban J connectivity index is 1.98. The molecule has 0 fully saturated rings. The van der Waals surface area contributed by atoms with Crippen LogP contribution < -0.4 is 0 Å². The van der Waals surface area contributed by atoms with Crippen LogP contribution in [0.3, 0.4) is 0 Å². The highest BCUT2D eigenvalue weighted by atomic mass is 14.1. The van der Waals surface area contributed by atoms with Gasteiger partial charge in [-0.05, 0) is 37.3 Å². The second kappa shape index (κ2) is 5.16. The van der Waals surface area contributed by atoms with E-state index in [0.717, 1.165) is 6.42 Å². The first-order valence-electron chi connectivity index (χ1n) is 6.25. The summed E-state index contributed by atoms with van der Waals surface area (Å²) in [4.78, 5) is 0. The Hall–Kier alpha value is -1.30. The molecule has 0 unspecified atom stereocenters. The van der Waals surface area contributed by atoms with Crippen LogP contribution in [0.25, 0.3) is 5.57 Å². The molecule has 0 saturated heterocycles. The average molecular weight is 212 g/mol. The summed E-state index contributed by atoms with van der Waals surface area (Å²) >= 11 is 0. The highest BCUT2D eigenvalue weighted by molar-refractivity contribution is 5.72. The van der Waals surface area contributed by atoms with Crippen molar-refractivity contribution < 1.29 is 0 Å². The van der Waals surface area contributed by atoms with E-state index in [1.165, 1.54) is 36.0 Å². The lowest BCUT2D eigenvalue weighted by Gasteiger charge is -2.05. The summed E-state index contributed by atoms with van der Waals surface area (Å²) in [6.45, 7) is 4.39.